The van der Waals surface area contributed by atoms with Gasteiger partial charge in [0, 0.05) is 6.08 Å². The van der Waals surface area contributed by atoms with Gasteiger partial charge in [0.05, 0.1) is 10.6 Å². The highest BCUT2D eigenvalue weighted by Crippen LogP contribution is 2.35. The maximum Gasteiger partial charge on any atom is 0.417 e. The minimum absolute atomic E-state index is 0.0666. The van der Waals surface area contributed by atoms with Gasteiger partial charge >= 0.3 is 12.1 Å². The molecule has 1 rings (SSSR count). The Balaban J connectivity index is 3.05. The van der Waals surface area contributed by atoms with Crippen LogP contribution in [0.25, 0.3) is 6.08 Å². The molecule has 1 amide bonds. The van der Waals surface area contributed by atoms with Crippen LogP contribution in [0.5, 0.6) is 0 Å². The van der Waals surface area contributed by atoms with Crippen molar-refractivity contribution >= 4 is 23.6 Å². The molecular formula is C10H7ClF3NO2. The van der Waals surface area contributed by atoms with Gasteiger partial charge in [-0.15, -0.1) is 0 Å². The van der Waals surface area contributed by atoms with Crippen LogP contribution >= 0.6 is 11.6 Å². The summed E-state index contributed by atoms with van der Waals surface area (Å²) in [5.74, 6) is -0.825. The van der Waals surface area contributed by atoms with E-state index < -0.39 is 22.7 Å². The molecule has 0 bridgehead atoms. The number of benzene rings is 1. The third-order valence-corrected chi connectivity index (χ3v) is 2.18. The van der Waals surface area contributed by atoms with Crippen LogP contribution in [-0.2, 0) is 11.0 Å². The molecule has 1 aromatic rings. The second-order valence-corrected chi connectivity index (χ2v) is 3.50. The zero-order valence-corrected chi connectivity index (χ0v) is 9.05. The SMILES string of the molecule is O=C(/C=C/c1ccc(Cl)c(C(F)(F)F)c1)[NH2+][O-]. The number of halogens is 4. The van der Waals surface area contributed by atoms with E-state index in [1.165, 1.54) is 6.07 Å². The molecule has 2 N–H and O–H groups in total. The third-order valence-electron chi connectivity index (χ3n) is 1.85. The summed E-state index contributed by atoms with van der Waals surface area (Å²) in [6.45, 7) is 0. The highest BCUT2D eigenvalue weighted by Gasteiger charge is 2.33. The summed E-state index contributed by atoms with van der Waals surface area (Å²) in [4.78, 5) is 10.6. The van der Waals surface area contributed by atoms with Crippen LogP contribution in [0.1, 0.15) is 11.1 Å². The van der Waals surface area contributed by atoms with Crippen molar-refractivity contribution in [2.45, 2.75) is 6.18 Å². The van der Waals surface area contributed by atoms with E-state index in [0.29, 0.717) is 0 Å². The number of carbonyl (C=O) groups is 1. The summed E-state index contributed by atoms with van der Waals surface area (Å²) in [6, 6.07) is 3.19. The normalized spacial score (nSPS) is 12.1. The van der Waals surface area contributed by atoms with Crippen molar-refractivity contribution in [3.63, 3.8) is 0 Å². The van der Waals surface area contributed by atoms with Gasteiger partial charge in [-0.25, -0.2) is 4.79 Å². The smallest absolute Gasteiger partial charge is 0.417 e. The van der Waals surface area contributed by atoms with Gasteiger partial charge in [0.25, 0.3) is 0 Å². The Morgan fingerprint density at radius 1 is 1.41 bits per heavy atom. The Morgan fingerprint density at radius 3 is 2.59 bits per heavy atom. The lowest BCUT2D eigenvalue weighted by atomic mass is 10.1. The van der Waals surface area contributed by atoms with Crippen LogP contribution in [0, 0.1) is 5.21 Å². The molecule has 0 aliphatic rings. The third kappa shape index (κ3) is 3.85. The topological polar surface area (TPSA) is 56.7 Å². The lowest BCUT2D eigenvalue weighted by molar-refractivity contribution is -0.494. The van der Waals surface area contributed by atoms with Gasteiger partial charge in [0.15, 0.2) is 0 Å². The first-order chi connectivity index (χ1) is 7.84. The average molecular weight is 266 g/mol. The first kappa shape index (κ1) is 13.7. The fraction of sp³-hybridized carbons (Fsp3) is 0.100. The minimum atomic E-state index is -4.56. The van der Waals surface area contributed by atoms with Gasteiger partial charge in [0.1, 0.15) is 0 Å². The number of rotatable bonds is 2. The van der Waals surface area contributed by atoms with Crippen molar-refractivity contribution < 1.29 is 23.4 Å². The second kappa shape index (κ2) is 5.31. The number of carbonyl (C=O) groups excluding carboxylic acids is 1. The van der Waals surface area contributed by atoms with E-state index in [9.17, 15) is 23.2 Å². The lowest BCUT2D eigenvalue weighted by Gasteiger charge is -2.09. The summed E-state index contributed by atoms with van der Waals surface area (Å²) in [6.07, 6.45) is -2.56. The monoisotopic (exact) mass is 265 g/mol. The van der Waals surface area contributed by atoms with Crippen LogP contribution in [0.15, 0.2) is 24.3 Å². The molecule has 0 fully saturated rings. The Labute approximate surface area is 99.5 Å². The van der Waals surface area contributed by atoms with E-state index in [-0.39, 0.29) is 11.0 Å². The number of hydrogen-bond donors (Lipinski definition) is 1. The van der Waals surface area contributed by atoms with Crippen LogP contribution < -0.4 is 5.48 Å². The molecule has 0 spiro atoms. The summed E-state index contributed by atoms with van der Waals surface area (Å²) in [5.41, 5.74) is -0.784. The van der Waals surface area contributed by atoms with Crippen molar-refractivity contribution in [1.82, 2.24) is 0 Å². The second-order valence-electron chi connectivity index (χ2n) is 3.09. The fourth-order valence-electron chi connectivity index (χ4n) is 1.08. The van der Waals surface area contributed by atoms with Crippen LogP contribution in [0.2, 0.25) is 5.02 Å². The molecule has 0 radical (unpaired) electrons. The van der Waals surface area contributed by atoms with Crippen LogP contribution in [0.3, 0.4) is 0 Å². The molecule has 0 heterocycles. The van der Waals surface area contributed by atoms with Crippen molar-refractivity contribution in [1.29, 1.82) is 0 Å². The van der Waals surface area contributed by atoms with Crippen LogP contribution in [0.4, 0.5) is 13.2 Å². The standard InChI is InChI=1S/C10H7ClF3NO2/c11-8-3-1-6(2-4-9(16)15-17)5-7(8)10(12,13)14/h1-5H,15H2/b4-2+. The zero-order chi connectivity index (χ0) is 13.1. The molecule has 17 heavy (non-hydrogen) atoms. The number of primary amides is 1. The molecule has 7 heteroatoms. The largest absolute Gasteiger partial charge is 0.628 e. The molecule has 1 aromatic carbocycles. The summed E-state index contributed by atoms with van der Waals surface area (Å²) in [5, 5.41) is 9.58. The van der Waals surface area contributed by atoms with Gasteiger partial charge in [-0.1, -0.05) is 17.7 Å². The first-order valence-electron chi connectivity index (χ1n) is 4.38. The molecular weight excluding hydrogens is 259 g/mol. The van der Waals surface area contributed by atoms with Gasteiger partial charge in [-0.05, 0) is 23.8 Å². The average Bonchev–Trinajstić information content (AvgIpc) is 2.26. The van der Waals surface area contributed by atoms with Crippen molar-refractivity contribution in [3.05, 3.63) is 45.6 Å². The predicted octanol–water partition coefficient (Wildman–Crippen LogP) is 1.96. The van der Waals surface area contributed by atoms with Gasteiger partial charge in [-0.3, -0.25) is 0 Å². The molecule has 0 atom stereocenters. The lowest BCUT2D eigenvalue weighted by Crippen LogP contribution is -2.81. The Bertz CT molecular complexity index is 457. The Kier molecular flexibility index (Phi) is 4.28. The molecule has 0 saturated carbocycles. The number of quaternary nitrogens is 1. The van der Waals surface area contributed by atoms with Crippen molar-refractivity contribution in [3.8, 4) is 0 Å². The Morgan fingerprint density at radius 2 is 2.06 bits per heavy atom. The molecule has 0 aromatic heterocycles. The van der Waals surface area contributed by atoms with E-state index in [4.69, 9.17) is 11.6 Å². The molecule has 0 aliphatic heterocycles. The van der Waals surface area contributed by atoms with Gasteiger partial charge in [-0.2, -0.15) is 13.2 Å². The van der Waals surface area contributed by atoms with E-state index in [1.54, 1.807) is 0 Å². The maximum absolute atomic E-state index is 12.5. The predicted molar refractivity (Wildman–Crippen MR) is 55.8 cm³/mol. The van der Waals surface area contributed by atoms with E-state index in [1.807, 2.05) is 0 Å². The van der Waals surface area contributed by atoms with Crippen molar-refractivity contribution in [2.75, 3.05) is 0 Å². The molecule has 3 nitrogen and oxygen atoms in total. The number of hydroxylamine groups is 1. The summed E-state index contributed by atoms with van der Waals surface area (Å²) >= 11 is 5.40. The van der Waals surface area contributed by atoms with E-state index in [2.05, 4.69) is 0 Å². The molecule has 0 unspecified atom stereocenters. The van der Waals surface area contributed by atoms with Crippen LogP contribution in [-0.4, -0.2) is 5.91 Å². The minimum Gasteiger partial charge on any atom is -0.628 e. The number of amides is 1. The number of hydrogen-bond acceptors (Lipinski definition) is 2. The highest BCUT2D eigenvalue weighted by atomic mass is 35.5. The highest BCUT2D eigenvalue weighted by molar-refractivity contribution is 6.31. The molecule has 92 valence electrons. The maximum atomic E-state index is 12.5. The molecule has 0 saturated heterocycles. The quantitative estimate of drug-likeness (QED) is 0.656. The van der Waals surface area contributed by atoms with E-state index >= 15 is 0 Å². The van der Waals surface area contributed by atoms with Gasteiger partial charge < -0.3 is 10.7 Å². The van der Waals surface area contributed by atoms with Crippen molar-refractivity contribution in [2.24, 2.45) is 0 Å². The summed E-state index contributed by atoms with van der Waals surface area (Å²) < 4.78 is 37.4. The number of nitrogens with two attached hydrogens (primary N) is 1. The number of alkyl halides is 3. The molecule has 0 aliphatic carbocycles. The Hall–Kier alpha value is -1.37. The van der Waals surface area contributed by atoms with E-state index in [0.717, 1.165) is 24.3 Å². The summed E-state index contributed by atoms with van der Waals surface area (Å²) in [7, 11) is 0. The fourth-order valence-corrected chi connectivity index (χ4v) is 1.31. The van der Waals surface area contributed by atoms with Gasteiger partial charge in [0.2, 0.25) is 0 Å². The zero-order valence-electron chi connectivity index (χ0n) is 8.29. The first-order valence-corrected chi connectivity index (χ1v) is 4.76.